The number of hydrogen-bond acceptors (Lipinski definition) is 4. The second-order valence-electron chi connectivity index (χ2n) is 13.4. The van der Waals surface area contributed by atoms with Crippen LogP contribution in [0.15, 0.2) is 194 Å². The van der Waals surface area contributed by atoms with E-state index in [1.165, 1.54) is 37.4 Å². The second-order valence-corrected chi connectivity index (χ2v) is 14.5. The van der Waals surface area contributed by atoms with Crippen LogP contribution in [0, 0.1) is 0 Å². The average Bonchev–Trinajstić information content (AvgIpc) is 3.90. The number of benzene rings is 8. The maximum Gasteiger partial charge on any atom is 0.166 e. The summed E-state index contributed by atoms with van der Waals surface area (Å²) in [6.07, 6.45) is 0. The first-order valence-electron chi connectivity index (χ1n) is 21.7. The highest BCUT2D eigenvalue weighted by Crippen LogP contribution is 2.44. The van der Waals surface area contributed by atoms with Crippen molar-refractivity contribution in [2.75, 3.05) is 0 Å². The van der Waals surface area contributed by atoms with E-state index in [0.717, 1.165) is 22.3 Å². The molecule has 0 N–H and O–H groups in total. The molecule has 0 bridgehead atoms. The van der Waals surface area contributed by atoms with Crippen molar-refractivity contribution in [3.8, 4) is 62.1 Å². The Labute approximate surface area is 337 Å². The topological polar surface area (TPSA) is 43.6 Å². The molecule has 11 rings (SSSR count). The average molecular weight is 740 g/mol. The van der Waals surface area contributed by atoms with Crippen LogP contribution in [0.5, 0.6) is 0 Å². The van der Waals surface area contributed by atoms with Crippen molar-refractivity contribution >= 4 is 53.3 Å². The Bertz CT molecular complexity index is 3650. The van der Waals surface area contributed by atoms with Gasteiger partial charge in [-0.2, -0.15) is 0 Å². The predicted molar refractivity (Wildman–Crippen MR) is 234 cm³/mol. The van der Waals surface area contributed by atoms with E-state index in [4.69, 9.17) is 24.5 Å². The van der Waals surface area contributed by atoms with Crippen LogP contribution >= 0.6 is 11.3 Å². The van der Waals surface area contributed by atoms with Crippen LogP contribution < -0.4 is 0 Å². The first-order valence-corrected chi connectivity index (χ1v) is 19.0. The van der Waals surface area contributed by atoms with E-state index in [9.17, 15) is 0 Å². The molecule has 5 heteroatoms. The summed E-state index contributed by atoms with van der Waals surface area (Å²) in [5.41, 5.74) is 7.31. The molecule has 4 nitrogen and oxygen atoms in total. The number of rotatable bonds is 6. The van der Waals surface area contributed by atoms with Gasteiger partial charge in [-0.25, -0.2) is 15.0 Å². The minimum Gasteiger partial charge on any atom is -0.309 e. The molecule has 0 spiro atoms. The fraction of sp³-hybridized carbons (Fsp3) is 0. The van der Waals surface area contributed by atoms with Gasteiger partial charge in [-0.1, -0.05) is 170 Å². The summed E-state index contributed by atoms with van der Waals surface area (Å²) in [4.78, 5) is 15.1. The lowest BCUT2D eigenvalue weighted by Gasteiger charge is -2.14. The first kappa shape index (κ1) is 25.7. The van der Waals surface area contributed by atoms with Crippen molar-refractivity contribution in [1.29, 1.82) is 0 Å². The van der Waals surface area contributed by atoms with Gasteiger partial charge >= 0.3 is 0 Å². The fourth-order valence-corrected chi connectivity index (χ4v) is 8.97. The van der Waals surface area contributed by atoms with Gasteiger partial charge in [-0.15, -0.1) is 11.3 Å². The number of hydrogen-bond donors (Lipinski definition) is 0. The normalized spacial score (nSPS) is 13.3. The van der Waals surface area contributed by atoms with Gasteiger partial charge in [0.05, 0.1) is 26.3 Å². The van der Waals surface area contributed by atoms with Crippen molar-refractivity contribution in [2.45, 2.75) is 0 Å². The molecule has 0 aliphatic carbocycles. The van der Waals surface area contributed by atoms with Gasteiger partial charge < -0.3 is 4.57 Å². The molecule has 0 unspecified atom stereocenters. The fourth-order valence-electron chi connectivity index (χ4n) is 7.60. The van der Waals surface area contributed by atoms with Crippen LogP contribution in [0.3, 0.4) is 0 Å². The lowest BCUT2D eigenvalue weighted by atomic mass is 9.99. The van der Waals surface area contributed by atoms with Crippen molar-refractivity contribution in [3.05, 3.63) is 194 Å². The Balaban J connectivity index is 1.09. The SMILES string of the molecule is [2H]c1cc([2H])c2c(c1[2H])c1c([2H])c([2H])c([2H])c([2H])c1n2-c1ccccc1-c1nc(-c2ccccc2)nc(-c2ccc(-c3cccc4c3sc3c(-c5ccccc5)cccc34)cc2)n1. The molecule has 8 aromatic carbocycles. The summed E-state index contributed by atoms with van der Waals surface area (Å²) < 4.78 is 65.6. The summed E-state index contributed by atoms with van der Waals surface area (Å²) >= 11 is 1.80. The first-order chi connectivity index (χ1) is 30.7. The molecular formula is C51H32N4S. The third kappa shape index (κ3) is 5.32. The number of thiophene rings is 1. The van der Waals surface area contributed by atoms with Crippen LogP contribution in [0.4, 0.5) is 0 Å². The van der Waals surface area contributed by atoms with Gasteiger partial charge in [0.2, 0.25) is 0 Å². The van der Waals surface area contributed by atoms with Crippen LogP contribution in [-0.2, 0) is 0 Å². The third-order valence-electron chi connectivity index (χ3n) is 10.2. The lowest BCUT2D eigenvalue weighted by molar-refractivity contribution is 1.06. The zero-order valence-electron chi connectivity index (χ0n) is 36.6. The Kier molecular flexibility index (Phi) is 6.10. The zero-order valence-corrected chi connectivity index (χ0v) is 30.4. The van der Waals surface area contributed by atoms with Gasteiger partial charge in [-0.3, -0.25) is 0 Å². The number of fused-ring (bicyclic) bond motifs is 6. The number of nitrogens with zero attached hydrogens (tertiary/aromatic N) is 4. The Hall–Kier alpha value is -7.21. The van der Waals surface area contributed by atoms with Crippen molar-refractivity contribution in [1.82, 2.24) is 19.5 Å². The minimum absolute atomic E-state index is 0.0720. The summed E-state index contributed by atoms with van der Waals surface area (Å²) in [6.45, 7) is 0. The Morgan fingerprint density at radius 1 is 0.375 bits per heavy atom. The molecule has 0 saturated carbocycles. The molecule has 262 valence electrons. The smallest absolute Gasteiger partial charge is 0.166 e. The summed E-state index contributed by atoms with van der Waals surface area (Å²) in [5.74, 6) is 1.15. The highest BCUT2D eigenvalue weighted by molar-refractivity contribution is 7.26. The minimum atomic E-state index is -0.459. The standard InChI is InChI=1S/C51H32N4S/c1-3-15-33(16-4-1)37-22-13-24-41-42-25-14-23-38(48(42)56-47(37)41)34-29-31-36(32-30-34)50-52-49(35-17-5-2-6-18-35)53-51(54-50)43-21-9-12-28-46(43)55-44-26-10-7-19-39(44)40-20-8-11-27-45(40)55/h1-32H/i7D,8D,10D,19D,20D,26D,27D. The highest BCUT2D eigenvalue weighted by Gasteiger charge is 2.19. The van der Waals surface area contributed by atoms with Gasteiger partial charge in [0, 0.05) is 47.6 Å². The van der Waals surface area contributed by atoms with Crippen LogP contribution in [-0.4, -0.2) is 19.5 Å². The van der Waals surface area contributed by atoms with Crippen LogP contribution in [0.2, 0.25) is 0 Å². The van der Waals surface area contributed by atoms with E-state index < -0.39 is 12.1 Å². The Morgan fingerprint density at radius 2 is 0.875 bits per heavy atom. The molecule has 3 heterocycles. The van der Waals surface area contributed by atoms with Crippen molar-refractivity contribution in [2.24, 2.45) is 0 Å². The second kappa shape index (κ2) is 13.3. The van der Waals surface area contributed by atoms with Crippen LogP contribution in [0.25, 0.3) is 104 Å². The maximum atomic E-state index is 9.09. The molecule has 0 amide bonds. The van der Waals surface area contributed by atoms with E-state index in [1.807, 2.05) is 60.7 Å². The zero-order chi connectivity index (χ0) is 43.1. The van der Waals surface area contributed by atoms with Crippen molar-refractivity contribution in [3.63, 3.8) is 0 Å². The molecule has 0 radical (unpaired) electrons. The van der Waals surface area contributed by atoms with Crippen molar-refractivity contribution < 1.29 is 9.60 Å². The number of para-hydroxylation sites is 3. The maximum absolute atomic E-state index is 9.09. The molecule has 0 aliphatic heterocycles. The molecule has 0 saturated heterocycles. The van der Waals surface area contributed by atoms with E-state index in [2.05, 4.69) is 72.8 Å². The van der Waals surface area contributed by atoms with E-state index in [1.54, 1.807) is 28.0 Å². The van der Waals surface area contributed by atoms with E-state index in [-0.39, 0.29) is 52.0 Å². The number of aromatic nitrogens is 4. The van der Waals surface area contributed by atoms with Gasteiger partial charge in [0.25, 0.3) is 0 Å². The Morgan fingerprint density at radius 3 is 1.57 bits per heavy atom. The molecule has 0 aliphatic rings. The van der Waals surface area contributed by atoms with Gasteiger partial charge in [-0.05, 0) is 46.5 Å². The molecule has 3 aromatic heterocycles. The summed E-state index contributed by atoms with van der Waals surface area (Å²) in [5, 5.41) is 2.61. The third-order valence-corrected chi connectivity index (χ3v) is 11.5. The quantitative estimate of drug-likeness (QED) is 0.171. The predicted octanol–water partition coefficient (Wildman–Crippen LogP) is 13.7. The summed E-state index contributed by atoms with van der Waals surface area (Å²) in [6, 6.07) is 47.6. The largest absolute Gasteiger partial charge is 0.309 e. The van der Waals surface area contributed by atoms with E-state index >= 15 is 0 Å². The molecule has 0 fully saturated rings. The van der Waals surface area contributed by atoms with Gasteiger partial charge in [0.15, 0.2) is 17.5 Å². The van der Waals surface area contributed by atoms with E-state index in [0.29, 0.717) is 28.7 Å². The molecule has 11 aromatic rings. The molecule has 0 atom stereocenters. The lowest BCUT2D eigenvalue weighted by Crippen LogP contribution is -2.03. The molecular weight excluding hydrogens is 701 g/mol. The monoisotopic (exact) mass is 739 g/mol. The van der Waals surface area contributed by atoms with Crippen LogP contribution in [0.1, 0.15) is 9.60 Å². The summed E-state index contributed by atoms with van der Waals surface area (Å²) in [7, 11) is 0. The molecule has 56 heavy (non-hydrogen) atoms. The highest BCUT2D eigenvalue weighted by atomic mass is 32.1. The van der Waals surface area contributed by atoms with Gasteiger partial charge in [0.1, 0.15) is 0 Å².